The van der Waals surface area contributed by atoms with Crippen LogP contribution in [0.4, 0.5) is 0 Å². The van der Waals surface area contributed by atoms with Crippen molar-refractivity contribution in [3.63, 3.8) is 0 Å². The van der Waals surface area contributed by atoms with E-state index in [0.717, 1.165) is 10.8 Å². The Morgan fingerprint density at radius 3 is 2.65 bits per heavy atom. The lowest BCUT2D eigenvalue weighted by molar-refractivity contribution is -0.136. The van der Waals surface area contributed by atoms with E-state index < -0.39 is 16.0 Å². The number of carboxylic acid groups (broad SMARTS) is 1. The minimum Gasteiger partial charge on any atom is -0.481 e. The van der Waals surface area contributed by atoms with Crippen LogP contribution in [0.5, 0.6) is 0 Å². The molecule has 1 saturated heterocycles. The lowest BCUT2D eigenvalue weighted by Gasteiger charge is -2.31. The van der Waals surface area contributed by atoms with Gasteiger partial charge in [-0.3, -0.25) is 4.79 Å². The van der Waals surface area contributed by atoms with E-state index in [-0.39, 0.29) is 17.4 Å². The van der Waals surface area contributed by atoms with Gasteiger partial charge in [0.15, 0.2) is 0 Å². The zero-order chi connectivity index (χ0) is 23.9. The smallest absolute Gasteiger partial charge is 0.307 e. The lowest BCUT2D eigenvalue weighted by atomic mass is 9.98. The molecular formula is C25H25N3O5S. The molecule has 0 spiro atoms. The molecule has 5 rings (SSSR count). The van der Waals surface area contributed by atoms with Gasteiger partial charge in [0.1, 0.15) is 0 Å². The quantitative estimate of drug-likeness (QED) is 0.454. The number of benzene rings is 2. The Hall–Kier alpha value is -3.27. The van der Waals surface area contributed by atoms with Crippen molar-refractivity contribution in [2.24, 2.45) is 0 Å². The van der Waals surface area contributed by atoms with E-state index in [2.05, 4.69) is 5.10 Å². The van der Waals surface area contributed by atoms with Crippen LogP contribution >= 0.6 is 0 Å². The van der Waals surface area contributed by atoms with E-state index in [1.54, 1.807) is 23.9 Å². The van der Waals surface area contributed by atoms with Crippen LogP contribution < -0.4 is 0 Å². The van der Waals surface area contributed by atoms with Gasteiger partial charge in [-0.05, 0) is 47.4 Å². The van der Waals surface area contributed by atoms with Crippen LogP contribution in [0.3, 0.4) is 0 Å². The van der Waals surface area contributed by atoms with Gasteiger partial charge in [0.25, 0.3) is 0 Å². The second-order valence-corrected chi connectivity index (χ2v) is 10.4. The third-order valence-electron chi connectivity index (χ3n) is 6.47. The number of pyridine rings is 1. The number of ether oxygens (including phenoxy) is 1. The highest BCUT2D eigenvalue weighted by Gasteiger charge is 2.32. The maximum atomic E-state index is 13.8. The number of hydrogen-bond donors (Lipinski definition) is 1. The molecular weight excluding hydrogens is 454 g/mol. The Morgan fingerprint density at radius 1 is 1.15 bits per heavy atom. The number of carbonyl (C=O) groups is 1. The second-order valence-electron chi connectivity index (χ2n) is 8.48. The average Bonchev–Trinajstić information content (AvgIpc) is 3.24. The van der Waals surface area contributed by atoms with E-state index in [9.17, 15) is 18.3 Å². The van der Waals surface area contributed by atoms with Crippen molar-refractivity contribution < 1.29 is 23.1 Å². The number of aromatic nitrogens is 2. The summed E-state index contributed by atoms with van der Waals surface area (Å²) in [6.45, 7) is 0.801. The Kier molecular flexibility index (Phi) is 5.85. The number of sulfonamides is 1. The molecule has 8 nitrogen and oxygen atoms in total. The van der Waals surface area contributed by atoms with Crippen molar-refractivity contribution in [2.45, 2.75) is 30.3 Å². The number of methoxy groups -OCH3 is 1. The summed E-state index contributed by atoms with van der Waals surface area (Å²) in [5, 5.41) is 15.3. The third kappa shape index (κ3) is 3.96. The van der Waals surface area contributed by atoms with Gasteiger partial charge in [0, 0.05) is 37.5 Å². The van der Waals surface area contributed by atoms with E-state index in [1.165, 1.54) is 10.5 Å². The molecule has 1 aliphatic rings. The van der Waals surface area contributed by atoms with Gasteiger partial charge in [-0.2, -0.15) is 9.40 Å². The fourth-order valence-electron chi connectivity index (χ4n) is 4.70. The van der Waals surface area contributed by atoms with Crippen LogP contribution in [-0.4, -0.2) is 59.7 Å². The second kappa shape index (κ2) is 8.83. The summed E-state index contributed by atoms with van der Waals surface area (Å²) in [5.74, 6) is -0.951. The summed E-state index contributed by atoms with van der Waals surface area (Å²) in [6.07, 6.45) is 4.48. The first-order valence-corrected chi connectivity index (χ1v) is 12.6. The molecule has 1 fully saturated rings. The number of hydrogen-bond acceptors (Lipinski definition) is 5. The minimum absolute atomic E-state index is 0.0689. The van der Waals surface area contributed by atoms with E-state index in [1.807, 2.05) is 42.5 Å². The lowest BCUT2D eigenvalue weighted by Crippen LogP contribution is -2.40. The van der Waals surface area contributed by atoms with Crippen LogP contribution in [0, 0.1) is 0 Å². The first-order chi connectivity index (χ1) is 16.4. The molecule has 0 aliphatic carbocycles. The topological polar surface area (TPSA) is 101 Å². The normalized spacial score (nSPS) is 15.8. The summed E-state index contributed by atoms with van der Waals surface area (Å²) in [4.78, 5) is 11.6. The molecule has 0 saturated carbocycles. The fourth-order valence-corrected chi connectivity index (χ4v) is 6.39. The highest BCUT2D eigenvalue weighted by molar-refractivity contribution is 7.89. The molecule has 0 atom stereocenters. The Bertz CT molecular complexity index is 1490. The molecule has 2 aromatic carbocycles. The molecule has 0 unspecified atom stereocenters. The van der Waals surface area contributed by atoms with Gasteiger partial charge < -0.3 is 9.84 Å². The van der Waals surface area contributed by atoms with Gasteiger partial charge in [0.05, 0.1) is 29.1 Å². The van der Waals surface area contributed by atoms with E-state index >= 15 is 0 Å². The molecule has 0 amide bonds. The van der Waals surface area contributed by atoms with Gasteiger partial charge in [-0.25, -0.2) is 12.9 Å². The molecule has 0 radical (unpaired) electrons. The molecule has 1 aliphatic heterocycles. The van der Waals surface area contributed by atoms with Crippen LogP contribution in [0.15, 0.2) is 65.8 Å². The summed E-state index contributed by atoms with van der Waals surface area (Å²) in [5.41, 5.74) is 2.51. The standard InChI is InChI=1S/C25H25N3O5S/c1-33-20-9-11-27(12-10-20)34(31,32)23-7-6-17-4-2-3-5-21(17)25(23)18-8-13-28-22(14-18)19(16-26-28)15-24(29)30/h2-8,13-14,16,20H,9-12,15H2,1H3,(H,29,30). The van der Waals surface area contributed by atoms with Gasteiger partial charge in [-0.15, -0.1) is 0 Å². The number of aliphatic carboxylic acids is 1. The number of rotatable bonds is 6. The minimum atomic E-state index is -3.77. The van der Waals surface area contributed by atoms with Crippen molar-refractivity contribution >= 4 is 32.3 Å². The van der Waals surface area contributed by atoms with E-state index in [0.29, 0.717) is 48.1 Å². The van der Waals surface area contributed by atoms with Crippen molar-refractivity contribution in [1.82, 2.24) is 13.9 Å². The number of piperidine rings is 1. The van der Waals surface area contributed by atoms with Crippen LogP contribution in [0.1, 0.15) is 18.4 Å². The van der Waals surface area contributed by atoms with Crippen molar-refractivity contribution in [1.29, 1.82) is 0 Å². The number of nitrogens with zero attached hydrogens (tertiary/aromatic N) is 3. The predicted octanol–water partition coefficient (Wildman–Crippen LogP) is 3.58. The molecule has 9 heteroatoms. The average molecular weight is 480 g/mol. The summed E-state index contributed by atoms with van der Waals surface area (Å²) < 4.78 is 36.2. The highest BCUT2D eigenvalue weighted by atomic mass is 32.2. The zero-order valence-corrected chi connectivity index (χ0v) is 19.5. The fraction of sp³-hybridized carbons (Fsp3) is 0.280. The largest absolute Gasteiger partial charge is 0.481 e. The third-order valence-corrected chi connectivity index (χ3v) is 8.42. The maximum Gasteiger partial charge on any atom is 0.307 e. The summed E-state index contributed by atoms with van der Waals surface area (Å²) in [7, 11) is -2.12. The predicted molar refractivity (Wildman–Crippen MR) is 128 cm³/mol. The molecule has 2 aromatic heterocycles. The highest BCUT2D eigenvalue weighted by Crippen LogP contribution is 2.37. The zero-order valence-electron chi connectivity index (χ0n) is 18.7. The van der Waals surface area contributed by atoms with E-state index in [4.69, 9.17) is 4.74 Å². The molecule has 1 N–H and O–H groups in total. The van der Waals surface area contributed by atoms with Crippen LogP contribution in [0.2, 0.25) is 0 Å². The van der Waals surface area contributed by atoms with Crippen molar-refractivity contribution in [3.8, 4) is 11.1 Å². The SMILES string of the molecule is COC1CCN(S(=O)(=O)c2ccc3ccccc3c2-c2ccn3ncc(CC(=O)O)c3c2)CC1. The Balaban J connectivity index is 1.69. The number of carboxylic acids is 1. The first-order valence-electron chi connectivity index (χ1n) is 11.1. The molecule has 4 aromatic rings. The van der Waals surface area contributed by atoms with Gasteiger partial charge >= 0.3 is 5.97 Å². The van der Waals surface area contributed by atoms with Crippen LogP contribution in [0.25, 0.3) is 27.4 Å². The Morgan fingerprint density at radius 2 is 1.91 bits per heavy atom. The first kappa shape index (κ1) is 22.5. The molecule has 3 heterocycles. The summed E-state index contributed by atoms with van der Waals surface area (Å²) in [6, 6.07) is 14.8. The molecule has 34 heavy (non-hydrogen) atoms. The monoisotopic (exact) mass is 479 g/mol. The molecule has 0 bridgehead atoms. The van der Waals surface area contributed by atoms with Gasteiger partial charge in [0.2, 0.25) is 10.0 Å². The van der Waals surface area contributed by atoms with Crippen LogP contribution in [-0.2, 0) is 26.0 Å². The number of fused-ring (bicyclic) bond motifs is 2. The van der Waals surface area contributed by atoms with Crippen molar-refractivity contribution in [3.05, 3.63) is 66.5 Å². The maximum absolute atomic E-state index is 13.8. The summed E-state index contributed by atoms with van der Waals surface area (Å²) >= 11 is 0. The van der Waals surface area contributed by atoms with Crippen molar-refractivity contribution in [2.75, 3.05) is 20.2 Å². The van der Waals surface area contributed by atoms with Gasteiger partial charge in [-0.1, -0.05) is 30.3 Å². The molecule has 176 valence electrons. The Labute approximate surface area is 197 Å².